The normalized spacial score (nSPS) is 25.2. The van der Waals surface area contributed by atoms with Crippen LogP contribution in [0.25, 0.3) is 0 Å². The zero-order valence-electron chi connectivity index (χ0n) is 17.0. The van der Waals surface area contributed by atoms with Crippen LogP contribution < -0.4 is 4.74 Å². The van der Waals surface area contributed by atoms with Crippen LogP contribution in [0.1, 0.15) is 49.4 Å². The minimum Gasteiger partial charge on any atom is -0.484 e. The maximum Gasteiger partial charge on any atom is 0.258 e. The van der Waals surface area contributed by atoms with E-state index in [-0.39, 0.29) is 24.4 Å². The van der Waals surface area contributed by atoms with Crippen molar-refractivity contribution < 1.29 is 14.3 Å². The molecule has 3 aliphatic rings. The first kappa shape index (κ1) is 19.2. The van der Waals surface area contributed by atoms with Crippen molar-refractivity contribution in [3.05, 3.63) is 29.8 Å². The zero-order valence-corrected chi connectivity index (χ0v) is 17.0. The van der Waals surface area contributed by atoms with Gasteiger partial charge in [-0.3, -0.25) is 9.59 Å². The molecule has 2 fully saturated rings. The summed E-state index contributed by atoms with van der Waals surface area (Å²) in [6.07, 6.45) is 4.98. The number of nitrogens with zero attached hydrogens (tertiary/aromatic N) is 3. The van der Waals surface area contributed by atoms with Crippen LogP contribution in [0.3, 0.4) is 0 Å². The lowest BCUT2D eigenvalue weighted by Gasteiger charge is -2.42. The summed E-state index contributed by atoms with van der Waals surface area (Å²) in [5.74, 6) is 0.616. The van der Waals surface area contributed by atoms with Gasteiger partial charge in [0, 0.05) is 38.5 Å². The molecule has 1 aromatic rings. The SMILES string of the molecule is CC1CCCCN1C(=O)CN1CC2(CCN(C)CC2)Oc2ccccc2C1=O. The van der Waals surface area contributed by atoms with Gasteiger partial charge < -0.3 is 19.4 Å². The van der Waals surface area contributed by atoms with E-state index in [0.717, 1.165) is 45.3 Å². The number of rotatable bonds is 2. The van der Waals surface area contributed by atoms with Gasteiger partial charge in [0.1, 0.15) is 17.9 Å². The maximum absolute atomic E-state index is 13.3. The molecule has 2 saturated heterocycles. The summed E-state index contributed by atoms with van der Waals surface area (Å²) in [6.45, 7) is 5.38. The number of fused-ring (bicyclic) bond motifs is 1. The molecule has 1 unspecified atom stereocenters. The molecule has 152 valence electrons. The molecule has 3 heterocycles. The molecule has 0 aromatic heterocycles. The molecule has 6 heteroatoms. The van der Waals surface area contributed by atoms with E-state index >= 15 is 0 Å². The Hall–Kier alpha value is -2.08. The summed E-state index contributed by atoms with van der Waals surface area (Å²) in [4.78, 5) is 32.3. The van der Waals surface area contributed by atoms with Crippen molar-refractivity contribution in [3.8, 4) is 5.75 Å². The number of amides is 2. The minimum atomic E-state index is -0.414. The number of carbonyl (C=O) groups is 2. The third-order valence-corrected chi connectivity index (χ3v) is 6.56. The Morgan fingerprint density at radius 1 is 1.18 bits per heavy atom. The Morgan fingerprint density at radius 3 is 2.68 bits per heavy atom. The fourth-order valence-corrected chi connectivity index (χ4v) is 4.72. The molecule has 0 N–H and O–H groups in total. The lowest BCUT2D eigenvalue weighted by atomic mass is 9.90. The van der Waals surface area contributed by atoms with Gasteiger partial charge in [0.05, 0.1) is 12.1 Å². The second kappa shape index (κ2) is 7.74. The average molecular weight is 386 g/mol. The molecule has 4 rings (SSSR count). The van der Waals surface area contributed by atoms with Crippen molar-refractivity contribution >= 4 is 11.8 Å². The van der Waals surface area contributed by atoms with Crippen LogP contribution in [-0.2, 0) is 4.79 Å². The van der Waals surface area contributed by atoms with E-state index in [0.29, 0.717) is 17.9 Å². The Kier molecular flexibility index (Phi) is 5.32. The standard InChI is InChI=1S/C22H31N3O3/c1-17-7-5-6-12-25(17)20(26)15-24-16-22(10-13-23(2)14-11-22)28-19-9-4-3-8-18(19)21(24)27/h3-4,8-9,17H,5-7,10-16H2,1-2H3. The lowest BCUT2D eigenvalue weighted by molar-refractivity contribution is -0.135. The number of ether oxygens (including phenoxy) is 1. The Balaban J connectivity index is 1.60. The van der Waals surface area contributed by atoms with Gasteiger partial charge in [-0.05, 0) is 45.4 Å². The van der Waals surface area contributed by atoms with Crippen LogP contribution in [0.4, 0.5) is 0 Å². The predicted molar refractivity (Wildman–Crippen MR) is 107 cm³/mol. The average Bonchev–Trinajstić information content (AvgIpc) is 2.80. The second-order valence-electron chi connectivity index (χ2n) is 8.68. The van der Waals surface area contributed by atoms with Gasteiger partial charge in [0.25, 0.3) is 5.91 Å². The quantitative estimate of drug-likeness (QED) is 0.784. The highest BCUT2D eigenvalue weighted by Crippen LogP contribution is 2.35. The summed E-state index contributed by atoms with van der Waals surface area (Å²) in [7, 11) is 2.11. The Labute approximate surface area is 167 Å². The summed E-state index contributed by atoms with van der Waals surface area (Å²) in [5, 5.41) is 0. The minimum absolute atomic E-state index is 0.0583. The highest BCUT2D eigenvalue weighted by molar-refractivity contribution is 5.99. The summed E-state index contributed by atoms with van der Waals surface area (Å²) in [5.41, 5.74) is 0.153. The third-order valence-electron chi connectivity index (χ3n) is 6.56. The molecular weight excluding hydrogens is 354 g/mol. The van der Waals surface area contributed by atoms with Crippen LogP contribution >= 0.6 is 0 Å². The highest BCUT2D eigenvalue weighted by Gasteiger charge is 2.43. The summed E-state index contributed by atoms with van der Waals surface area (Å²) in [6, 6.07) is 7.71. The van der Waals surface area contributed by atoms with Gasteiger partial charge in [0.15, 0.2) is 0 Å². The number of likely N-dealkylation sites (tertiary alicyclic amines) is 2. The van der Waals surface area contributed by atoms with Crippen molar-refractivity contribution in [2.45, 2.75) is 50.7 Å². The van der Waals surface area contributed by atoms with Crippen LogP contribution in [-0.4, -0.2) is 77.9 Å². The summed E-state index contributed by atoms with van der Waals surface area (Å²) >= 11 is 0. The molecule has 1 spiro atoms. The van der Waals surface area contributed by atoms with Gasteiger partial charge in [0.2, 0.25) is 5.91 Å². The van der Waals surface area contributed by atoms with Gasteiger partial charge >= 0.3 is 0 Å². The first-order chi connectivity index (χ1) is 13.5. The number of carbonyl (C=O) groups excluding carboxylic acids is 2. The fourth-order valence-electron chi connectivity index (χ4n) is 4.72. The van der Waals surface area contributed by atoms with Gasteiger partial charge in [-0.2, -0.15) is 0 Å². The molecule has 0 aliphatic carbocycles. The van der Waals surface area contributed by atoms with E-state index < -0.39 is 5.60 Å². The number of para-hydroxylation sites is 1. The number of hydrogen-bond donors (Lipinski definition) is 0. The molecule has 2 amide bonds. The van der Waals surface area contributed by atoms with Crippen molar-refractivity contribution in [1.29, 1.82) is 0 Å². The van der Waals surface area contributed by atoms with E-state index in [4.69, 9.17) is 4.74 Å². The van der Waals surface area contributed by atoms with E-state index in [1.807, 2.05) is 29.2 Å². The zero-order chi connectivity index (χ0) is 19.7. The molecule has 28 heavy (non-hydrogen) atoms. The van der Waals surface area contributed by atoms with Crippen LogP contribution in [0, 0.1) is 0 Å². The van der Waals surface area contributed by atoms with E-state index in [9.17, 15) is 9.59 Å². The summed E-state index contributed by atoms with van der Waals surface area (Å²) < 4.78 is 6.47. The van der Waals surface area contributed by atoms with Crippen molar-refractivity contribution in [2.24, 2.45) is 0 Å². The predicted octanol–water partition coefficient (Wildman–Crippen LogP) is 2.39. The molecule has 6 nitrogen and oxygen atoms in total. The van der Waals surface area contributed by atoms with Gasteiger partial charge in [-0.15, -0.1) is 0 Å². The molecule has 1 atom stereocenters. The lowest BCUT2D eigenvalue weighted by Crippen LogP contribution is -2.55. The molecule has 0 bridgehead atoms. The number of piperidine rings is 2. The van der Waals surface area contributed by atoms with Gasteiger partial charge in [-0.1, -0.05) is 12.1 Å². The molecule has 3 aliphatic heterocycles. The van der Waals surface area contributed by atoms with E-state index in [1.165, 1.54) is 6.42 Å². The first-order valence-corrected chi connectivity index (χ1v) is 10.5. The van der Waals surface area contributed by atoms with Crippen molar-refractivity contribution in [2.75, 3.05) is 39.8 Å². The smallest absolute Gasteiger partial charge is 0.258 e. The number of hydrogen-bond acceptors (Lipinski definition) is 4. The van der Waals surface area contributed by atoms with Crippen LogP contribution in [0.5, 0.6) is 5.75 Å². The maximum atomic E-state index is 13.3. The largest absolute Gasteiger partial charge is 0.484 e. The Morgan fingerprint density at radius 2 is 1.93 bits per heavy atom. The van der Waals surface area contributed by atoms with Gasteiger partial charge in [-0.25, -0.2) is 0 Å². The van der Waals surface area contributed by atoms with Crippen molar-refractivity contribution in [1.82, 2.24) is 14.7 Å². The monoisotopic (exact) mass is 385 g/mol. The third kappa shape index (κ3) is 3.75. The number of benzene rings is 1. The van der Waals surface area contributed by atoms with Crippen LogP contribution in [0.15, 0.2) is 24.3 Å². The Bertz CT molecular complexity index is 742. The van der Waals surface area contributed by atoms with Crippen molar-refractivity contribution in [3.63, 3.8) is 0 Å². The highest BCUT2D eigenvalue weighted by atomic mass is 16.5. The first-order valence-electron chi connectivity index (χ1n) is 10.5. The molecule has 1 aromatic carbocycles. The van der Waals surface area contributed by atoms with E-state index in [2.05, 4.69) is 18.9 Å². The second-order valence-corrected chi connectivity index (χ2v) is 8.68. The molecule has 0 radical (unpaired) electrons. The molecular formula is C22H31N3O3. The van der Waals surface area contributed by atoms with Crippen LogP contribution in [0.2, 0.25) is 0 Å². The van der Waals surface area contributed by atoms with E-state index in [1.54, 1.807) is 4.90 Å². The topological polar surface area (TPSA) is 53.1 Å². The fraction of sp³-hybridized carbons (Fsp3) is 0.636. The molecule has 0 saturated carbocycles.